The number of aliphatic hydroxyl groups is 1. The summed E-state index contributed by atoms with van der Waals surface area (Å²) in [4.78, 5) is 0. The fourth-order valence-corrected chi connectivity index (χ4v) is 3.98. The molecule has 2 nitrogen and oxygen atoms in total. The molecule has 2 saturated carbocycles. The van der Waals surface area contributed by atoms with Crippen LogP contribution < -0.4 is 0 Å². The van der Waals surface area contributed by atoms with Crippen molar-refractivity contribution in [2.45, 2.75) is 76.7 Å². The van der Waals surface area contributed by atoms with E-state index in [9.17, 15) is 10.4 Å². The molecule has 2 atom stereocenters. The second-order valence-corrected chi connectivity index (χ2v) is 6.16. The minimum Gasteiger partial charge on any atom is -0.388 e. The molecule has 2 fully saturated rings. The molecular formula is C15H25NO. The zero-order chi connectivity index (χ0) is 12.4. The van der Waals surface area contributed by atoms with Gasteiger partial charge in [0.15, 0.2) is 0 Å². The van der Waals surface area contributed by atoms with Gasteiger partial charge in [-0.3, -0.25) is 0 Å². The van der Waals surface area contributed by atoms with Gasteiger partial charge in [0, 0.05) is 0 Å². The number of nitriles is 1. The number of rotatable bonds is 2. The summed E-state index contributed by atoms with van der Waals surface area (Å²) in [6.07, 6.45) is 10.5. The highest BCUT2D eigenvalue weighted by Gasteiger charge is 2.52. The van der Waals surface area contributed by atoms with Crippen LogP contribution in [-0.4, -0.2) is 10.7 Å². The van der Waals surface area contributed by atoms with Gasteiger partial charge in [0.25, 0.3) is 0 Å². The number of hydrogen-bond acceptors (Lipinski definition) is 2. The molecule has 2 heteroatoms. The second kappa shape index (κ2) is 4.98. The van der Waals surface area contributed by atoms with E-state index < -0.39 is 11.0 Å². The highest BCUT2D eigenvalue weighted by atomic mass is 16.3. The van der Waals surface area contributed by atoms with Crippen molar-refractivity contribution in [3.05, 3.63) is 0 Å². The first-order valence-corrected chi connectivity index (χ1v) is 7.29. The quantitative estimate of drug-likeness (QED) is 0.791. The summed E-state index contributed by atoms with van der Waals surface area (Å²) in [6, 6.07) is 2.52. The van der Waals surface area contributed by atoms with E-state index >= 15 is 0 Å². The Kier molecular flexibility index (Phi) is 3.78. The third kappa shape index (κ3) is 2.22. The molecule has 2 unspecified atom stereocenters. The van der Waals surface area contributed by atoms with Crippen LogP contribution in [0.1, 0.15) is 71.1 Å². The van der Waals surface area contributed by atoms with Crippen LogP contribution in [0.15, 0.2) is 0 Å². The molecule has 0 aromatic heterocycles. The fourth-order valence-electron chi connectivity index (χ4n) is 3.98. The van der Waals surface area contributed by atoms with Crippen molar-refractivity contribution in [2.24, 2.45) is 11.3 Å². The Bertz CT molecular complexity index is 301. The average molecular weight is 235 g/mol. The Balaban J connectivity index is 2.19. The molecule has 0 bridgehead atoms. The van der Waals surface area contributed by atoms with Gasteiger partial charge in [-0.25, -0.2) is 0 Å². The standard InChI is InChI=1S/C15H25NO/c1-2-13-7-6-10-15(17,11-13)14(12-16)8-4-3-5-9-14/h13,17H,2-11H2,1H3. The highest BCUT2D eigenvalue weighted by molar-refractivity contribution is 5.13. The van der Waals surface area contributed by atoms with E-state index in [2.05, 4.69) is 13.0 Å². The summed E-state index contributed by atoms with van der Waals surface area (Å²) < 4.78 is 0. The molecule has 2 aliphatic carbocycles. The zero-order valence-corrected chi connectivity index (χ0v) is 11.0. The second-order valence-electron chi connectivity index (χ2n) is 6.16. The highest BCUT2D eigenvalue weighted by Crippen LogP contribution is 2.52. The molecule has 0 aliphatic heterocycles. The van der Waals surface area contributed by atoms with E-state index in [1.165, 1.54) is 12.8 Å². The predicted octanol–water partition coefficient (Wildman–Crippen LogP) is 3.79. The van der Waals surface area contributed by atoms with E-state index in [4.69, 9.17) is 0 Å². The molecule has 2 aliphatic rings. The molecule has 1 N–H and O–H groups in total. The maximum absolute atomic E-state index is 11.0. The molecule has 0 aromatic carbocycles. The van der Waals surface area contributed by atoms with Crippen molar-refractivity contribution >= 4 is 0 Å². The van der Waals surface area contributed by atoms with Crippen LogP contribution in [0.3, 0.4) is 0 Å². The molecule has 96 valence electrons. The Morgan fingerprint density at radius 2 is 1.88 bits per heavy atom. The van der Waals surface area contributed by atoms with Crippen molar-refractivity contribution in [3.63, 3.8) is 0 Å². The van der Waals surface area contributed by atoms with Gasteiger partial charge in [-0.1, -0.05) is 45.4 Å². The van der Waals surface area contributed by atoms with E-state index in [0.29, 0.717) is 5.92 Å². The van der Waals surface area contributed by atoms with Crippen molar-refractivity contribution in [1.82, 2.24) is 0 Å². The molecular weight excluding hydrogens is 210 g/mol. The SMILES string of the molecule is CCC1CCCC(O)(C2(C#N)CCCCC2)C1. The normalized spacial score (nSPS) is 37.4. The van der Waals surface area contributed by atoms with Gasteiger partial charge in [0.2, 0.25) is 0 Å². The van der Waals surface area contributed by atoms with E-state index in [-0.39, 0.29) is 0 Å². The first kappa shape index (κ1) is 12.9. The Labute approximate surface area is 105 Å². The first-order chi connectivity index (χ1) is 8.16. The van der Waals surface area contributed by atoms with Gasteiger partial charge >= 0.3 is 0 Å². The predicted molar refractivity (Wildman–Crippen MR) is 68.3 cm³/mol. The maximum atomic E-state index is 11.0. The minimum absolute atomic E-state index is 0.431. The van der Waals surface area contributed by atoms with Crippen molar-refractivity contribution in [3.8, 4) is 6.07 Å². The van der Waals surface area contributed by atoms with Crippen molar-refractivity contribution < 1.29 is 5.11 Å². The van der Waals surface area contributed by atoms with Crippen LogP contribution in [0, 0.1) is 22.7 Å². The summed E-state index contributed by atoms with van der Waals surface area (Å²) in [5.74, 6) is 0.626. The zero-order valence-electron chi connectivity index (χ0n) is 11.0. The average Bonchev–Trinajstić information content (AvgIpc) is 2.39. The number of nitrogens with zero attached hydrogens (tertiary/aromatic N) is 1. The summed E-state index contributed by atoms with van der Waals surface area (Å²) in [7, 11) is 0. The molecule has 0 aromatic rings. The van der Waals surface area contributed by atoms with Gasteiger partial charge in [0.05, 0.1) is 17.1 Å². The third-order valence-electron chi connectivity index (χ3n) is 5.22. The molecule has 2 rings (SSSR count). The van der Waals surface area contributed by atoms with Gasteiger partial charge in [-0.05, 0) is 31.6 Å². The fraction of sp³-hybridized carbons (Fsp3) is 0.933. The first-order valence-electron chi connectivity index (χ1n) is 7.29. The molecule has 0 spiro atoms. The van der Waals surface area contributed by atoms with Crippen molar-refractivity contribution in [2.75, 3.05) is 0 Å². The number of hydrogen-bond donors (Lipinski definition) is 1. The summed E-state index contributed by atoms with van der Waals surface area (Å²) in [5.41, 5.74) is -1.12. The van der Waals surface area contributed by atoms with E-state index in [1.807, 2.05) is 0 Å². The topological polar surface area (TPSA) is 44.0 Å². The van der Waals surface area contributed by atoms with Gasteiger partial charge in [-0.15, -0.1) is 0 Å². The lowest BCUT2D eigenvalue weighted by Crippen LogP contribution is -2.51. The van der Waals surface area contributed by atoms with Gasteiger partial charge < -0.3 is 5.11 Å². The monoisotopic (exact) mass is 235 g/mol. The van der Waals surface area contributed by atoms with Gasteiger partial charge in [-0.2, -0.15) is 5.26 Å². The van der Waals surface area contributed by atoms with E-state index in [0.717, 1.165) is 51.4 Å². The van der Waals surface area contributed by atoms with Crippen molar-refractivity contribution in [1.29, 1.82) is 5.26 Å². The molecule has 0 radical (unpaired) electrons. The smallest absolute Gasteiger partial charge is 0.0860 e. The lowest BCUT2D eigenvalue weighted by molar-refractivity contribution is -0.110. The summed E-state index contributed by atoms with van der Waals surface area (Å²) in [5, 5.41) is 20.6. The van der Waals surface area contributed by atoms with Crippen LogP contribution in [0.4, 0.5) is 0 Å². The Morgan fingerprint density at radius 3 is 2.47 bits per heavy atom. The minimum atomic E-state index is -0.693. The lowest BCUT2D eigenvalue weighted by atomic mass is 9.58. The van der Waals surface area contributed by atoms with Crippen LogP contribution in [0.25, 0.3) is 0 Å². The maximum Gasteiger partial charge on any atom is 0.0860 e. The Hall–Kier alpha value is -0.550. The van der Waals surface area contributed by atoms with Crippen LogP contribution >= 0.6 is 0 Å². The van der Waals surface area contributed by atoms with E-state index in [1.54, 1.807) is 0 Å². The molecule has 0 heterocycles. The lowest BCUT2D eigenvalue weighted by Gasteiger charge is -2.49. The third-order valence-corrected chi connectivity index (χ3v) is 5.22. The molecule has 0 saturated heterocycles. The van der Waals surface area contributed by atoms with Crippen LogP contribution in [0.2, 0.25) is 0 Å². The van der Waals surface area contributed by atoms with Crippen LogP contribution in [-0.2, 0) is 0 Å². The molecule has 0 amide bonds. The van der Waals surface area contributed by atoms with Gasteiger partial charge in [0.1, 0.15) is 0 Å². The summed E-state index contributed by atoms with van der Waals surface area (Å²) in [6.45, 7) is 2.20. The Morgan fingerprint density at radius 1 is 1.18 bits per heavy atom. The largest absolute Gasteiger partial charge is 0.388 e. The molecule has 17 heavy (non-hydrogen) atoms. The van der Waals surface area contributed by atoms with Crippen LogP contribution in [0.5, 0.6) is 0 Å². The summed E-state index contributed by atoms with van der Waals surface area (Å²) >= 11 is 0.